The summed E-state index contributed by atoms with van der Waals surface area (Å²) in [7, 11) is 0. The fourth-order valence-corrected chi connectivity index (χ4v) is 1.82. The molecule has 0 aliphatic heterocycles. The predicted octanol–water partition coefficient (Wildman–Crippen LogP) is 4.43. The van der Waals surface area contributed by atoms with Crippen LogP contribution in [0.3, 0.4) is 0 Å². The first-order valence-corrected chi connectivity index (χ1v) is 6.94. The van der Waals surface area contributed by atoms with Gasteiger partial charge in [-0.15, -0.1) is 0 Å². The number of carbonyl (C=O) groups is 1. The van der Waals surface area contributed by atoms with E-state index in [0.29, 0.717) is 0 Å². The first kappa shape index (κ1) is 14.9. The van der Waals surface area contributed by atoms with Gasteiger partial charge in [-0.25, -0.2) is 4.79 Å². The lowest BCUT2D eigenvalue weighted by molar-refractivity contribution is 0.242. The Morgan fingerprint density at radius 3 is 1.86 bits per heavy atom. The molecule has 2 N–H and O–H groups in total. The van der Waals surface area contributed by atoms with Gasteiger partial charge in [0.1, 0.15) is 5.75 Å². The monoisotopic (exact) mass is 284 g/mol. The van der Waals surface area contributed by atoms with Crippen LogP contribution >= 0.6 is 0 Å². The number of benzene rings is 2. The number of hydrogen-bond donors (Lipinski definition) is 2. The first-order chi connectivity index (χ1) is 10.0. The van der Waals surface area contributed by atoms with Gasteiger partial charge in [-0.2, -0.15) is 0 Å². The molecule has 0 unspecified atom stereocenters. The van der Waals surface area contributed by atoms with E-state index in [4.69, 9.17) is 4.74 Å². The van der Waals surface area contributed by atoms with Gasteiger partial charge in [0.2, 0.25) is 0 Å². The van der Waals surface area contributed by atoms with Crippen LogP contribution in [0.25, 0.3) is 0 Å². The molecule has 110 valence electrons. The SMILES string of the molecule is Cc1ccc(NC(=O)Nc2ccc(OC(C)C)cc2)cc1. The average molecular weight is 284 g/mol. The Kier molecular flexibility index (Phi) is 4.82. The molecule has 0 aromatic heterocycles. The summed E-state index contributed by atoms with van der Waals surface area (Å²) < 4.78 is 5.55. The van der Waals surface area contributed by atoms with E-state index in [1.807, 2.05) is 69.3 Å². The lowest BCUT2D eigenvalue weighted by Gasteiger charge is -2.11. The summed E-state index contributed by atoms with van der Waals surface area (Å²) in [4.78, 5) is 11.9. The van der Waals surface area contributed by atoms with Crippen LogP contribution in [0.1, 0.15) is 19.4 Å². The zero-order valence-electron chi connectivity index (χ0n) is 12.5. The third-order valence-corrected chi connectivity index (χ3v) is 2.79. The second-order valence-corrected chi connectivity index (χ2v) is 5.14. The van der Waals surface area contributed by atoms with Gasteiger partial charge in [-0.05, 0) is 57.2 Å². The minimum absolute atomic E-state index is 0.133. The van der Waals surface area contributed by atoms with E-state index in [1.165, 1.54) is 0 Å². The molecule has 21 heavy (non-hydrogen) atoms. The number of nitrogens with one attached hydrogen (secondary N) is 2. The van der Waals surface area contributed by atoms with Gasteiger partial charge >= 0.3 is 6.03 Å². The molecule has 4 heteroatoms. The fraction of sp³-hybridized carbons (Fsp3) is 0.235. The number of aryl methyl sites for hydroxylation is 1. The molecule has 0 atom stereocenters. The van der Waals surface area contributed by atoms with Crippen molar-refractivity contribution in [2.75, 3.05) is 10.6 Å². The van der Waals surface area contributed by atoms with Gasteiger partial charge in [0.05, 0.1) is 6.10 Å². The van der Waals surface area contributed by atoms with E-state index >= 15 is 0 Å². The largest absolute Gasteiger partial charge is 0.491 e. The summed E-state index contributed by atoms with van der Waals surface area (Å²) >= 11 is 0. The Labute approximate surface area is 125 Å². The summed E-state index contributed by atoms with van der Waals surface area (Å²) in [5, 5.41) is 5.56. The van der Waals surface area contributed by atoms with Crippen LogP contribution < -0.4 is 15.4 Å². The van der Waals surface area contributed by atoms with Crippen molar-refractivity contribution in [1.82, 2.24) is 0 Å². The molecule has 0 aliphatic carbocycles. The molecule has 0 spiro atoms. The lowest BCUT2D eigenvalue weighted by Crippen LogP contribution is -2.19. The molecule has 0 bridgehead atoms. The number of hydrogen-bond acceptors (Lipinski definition) is 2. The van der Waals surface area contributed by atoms with Crippen molar-refractivity contribution in [2.24, 2.45) is 0 Å². The van der Waals surface area contributed by atoms with Gasteiger partial charge in [-0.1, -0.05) is 17.7 Å². The van der Waals surface area contributed by atoms with Gasteiger partial charge in [0, 0.05) is 11.4 Å². The van der Waals surface area contributed by atoms with Crippen molar-refractivity contribution in [2.45, 2.75) is 26.9 Å². The first-order valence-electron chi connectivity index (χ1n) is 6.94. The fourth-order valence-electron chi connectivity index (χ4n) is 1.82. The van der Waals surface area contributed by atoms with E-state index in [2.05, 4.69) is 10.6 Å². The lowest BCUT2D eigenvalue weighted by atomic mass is 10.2. The molecule has 0 saturated carbocycles. The maximum absolute atomic E-state index is 11.9. The quantitative estimate of drug-likeness (QED) is 0.872. The highest BCUT2D eigenvalue weighted by Gasteiger charge is 2.03. The Morgan fingerprint density at radius 2 is 1.38 bits per heavy atom. The highest BCUT2D eigenvalue weighted by atomic mass is 16.5. The minimum Gasteiger partial charge on any atom is -0.491 e. The molecule has 2 rings (SSSR count). The molecule has 2 aromatic carbocycles. The molecule has 0 saturated heterocycles. The van der Waals surface area contributed by atoms with Crippen molar-refractivity contribution >= 4 is 17.4 Å². The third-order valence-electron chi connectivity index (χ3n) is 2.79. The zero-order valence-corrected chi connectivity index (χ0v) is 12.5. The molecule has 0 aliphatic rings. The highest BCUT2D eigenvalue weighted by molar-refractivity contribution is 5.99. The number of ether oxygens (including phenoxy) is 1. The molecule has 2 aromatic rings. The van der Waals surface area contributed by atoms with Gasteiger partial charge in [-0.3, -0.25) is 0 Å². The Balaban J connectivity index is 1.91. The normalized spacial score (nSPS) is 10.3. The minimum atomic E-state index is -0.267. The summed E-state index contributed by atoms with van der Waals surface area (Å²) in [5.41, 5.74) is 2.63. The van der Waals surface area contributed by atoms with Crippen LogP contribution in [0, 0.1) is 6.92 Å². The summed E-state index contributed by atoms with van der Waals surface area (Å²) in [6.07, 6.45) is 0.133. The molecule has 0 heterocycles. The Morgan fingerprint density at radius 1 is 0.905 bits per heavy atom. The number of carbonyl (C=O) groups excluding carboxylic acids is 1. The summed E-state index contributed by atoms with van der Waals surface area (Å²) in [5.74, 6) is 0.787. The zero-order chi connectivity index (χ0) is 15.2. The maximum Gasteiger partial charge on any atom is 0.323 e. The van der Waals surface area contributed by atoms with Crippen molar-refractivity contribution in [3.8, 4) is 5.75 Å². The van der Waals surface area contributed by atoms with Crippen LogP contribution in [0.2, 0.25) is 0 Å². The predicted molar refractivity (Wildman–Crippen MR) is 86.0 cm³/mol. The summed E-state index contributed by atoms with van der Waals surface area (Å²) in [6.45, 7) is 5.95. The highest BCUT2D eigenvalue weighted by Crippen LogP contribution is 2.17. The topological polar surface area (TPSA) is 50.4 Å². The number of rotatable bonds is 4. The smallest absolute Gasteiger partial charge is 0.323 e. The van der Waals surface area contributed by atoms with Crippen LogP contribution in [-0.4, -0.2) is 12.1 Å². The maximum atomic E-state index is 11.9. The number of anilines is 2. The van der Waals surface area contributed by atoms with Gasteiger partial charge in [0.25, 0.3) is 0 Å². The van der Waals surface area contributed by atoms with E-state index in [9.17, 15) is 4.79 Å². The summed E-state index contributed by atoms with van der Waals surface area (Å²) in [6, 6.07) is 14.7. The van der Waals surface area contributed by atoms with E-state index in [1.54, 1.807) is 0 Å². The van der Waals surface area contributed by atoms with Crippen LogP contribution in [0.15, 0.2) is 48.5 Å². The molecule has 4 nitrogen and oxygen atoms in total. The van der Waals surface area contributed by atoms with Crippen LogP contribution in [0.4, 0.5) is 16.2 Å². The second-order valence-electron chi connectivity index (χ2n) is 5.14. The van der Waals surface area contributed by atoms with Crippen molar-refractivity contribution in [3.63, 3.8) is 0 Å². The number of urea groups is 1. The van der Waals surface area contributed by atoms with Crippen LogP contribution in [-0.2, 0) is 0 Å². The van der Waals surface area contributed by atoms with Crippen molar-refractivity contribution < 1.29 is 9.53 Å². The van der Waals surface area contributed by atoms with Crippen LogP contribution in [0.5, 0.6) is 5.75 Å². The van der Waals surface area contributed by atoms with E-state index in [0.717, 1.165) is 22.7 Å². The standard InChI is InChI=1S/C17H20N2O2/c1-12(2)21-16-10-8-15(9-11-16)19-17(20)18-14-6-4-13(3)5-7-14/h4-12H,1-3H3,(H2,18,19,20). The Hall–Kier alpha value is -2.49. The van der Waals surface area contributed by atoms with Crippen molar-refractivity contribution in [3.05, 3.63) is 54.1 Å². The molecule has 0 radical (unpaired) electrons. The Bertz CT molecular complexity index is 589. The average Bonchev–Trinajstić information content (AvgIpc) is 2.43. The second kappa shape index (κ2) is 6.79. The number of amides is 2. The molecule has 0 fully saturated rings. The third kappa shape index (κ3) is 4.84. The van der Waals surface area contributed by atoms with E-state index < -0.39 is 0 Å². The molecule has 2 amide bonds. The van der Waals surface area contributed by atoms with E-state index in [-0.39, 0.29) is 12.1 Å². The molecular formula is C17H20N2O2. The van der Waals surface area contributed by atoms with Gasteiger partial charge < -0.3 is 15.4 Å². The van der Waals surface area contributed by atoms with Crippen molar-refractivity contribution in [1.29, 1.82) is 0 Å². The molecular weight excluding hydrogens is 264 g/mol. The van der Waals surface area contributed by atoms with Gasteiger partial charge in [0.15, 0.2) is 0 Å².